The van der Waals surface area contributed by atoms with Gasteiger partial charge in [-0.1, -0.05) is 0 Å². The minimum Gasteiger partial charge on any atom is -0.496 e. The topological polar surface area (TPSA) is 80.9 Å². The van der Waals surface area contributed by atoms with E-state index in [4.69, 9.17) is 26.4 Å². The molecule has 0 fully saturated rings. The van der Waals surface area contributed by atoms with Gasteiger partial charge >= 0.3 is 0 Å². The molecule has 0 aliphatic rings. The summed E-state index contributed by atoms with van der Waals surface area (Å²) in [5.74, 6) is 0.373. The lowest BCUT2D eigenvalue weighted by Crippen LogP contribution is -2.49. The van der Waals surface area contributed by atoms with Crippen LogP contribution in [0.2, 0.25) is 0 Å². The van der Waals surface area contributed by atoms with Crippen molar-refractivity contribution >= 4 is 23.2 Å². The number of amides is 1. The summed E-state index contributed by atoms with van der Waals surface area (Å²) in [5.41, 5.74) is 6.50. The molecule has 7 nitrogen and oxygen atoms in total. The fraction of sp³-hybridized carbons (Fsp3) is 0.500. The van der Waals surface area contributed by atoms with Crippen LogP contribution in [0, 0.1) is 0 Å². The van der Waals surface area contributed by atoms with Crippen LogP contribution in [-0.4, -0.2) is 44.5 Å². The molecule has 1 atom stereocenters. The molecule has 0 radical (unpaired) electrons. The van der Waals surface area contributed by atoms with Crippen molar-refractivity contribution in [3.63, 3.8) is 0 Å². The van der Waals surface area contributed by atoms with Crippen LogP contribution in [0.3, 0.4) is 0 Å². The van der Waals surface area contributed by atoms with Crippen LogP contribution < -0.4 is 20.9 Å². The molecule has 0 aliphatic heterocycles. The van der Waals surface area contributed by atoms with Gasteiger partial charge in [-0.2, -0.15) is 0 Å². The van der Waals surface area contributed by atoms with Crippen LogP contribution >= 0.6 is 12.2 Å². The average molecular weight is 355 g/mol. The maximum Gasteiger partial charge on any atom is 0.269 e. The Balaban J connectivity index is 2.62. The van der Waals surface area contributed by atoms with Crippen LogP contribution in [0.5, 0.6) is 5.75 Å². The summed E-state index contributed by atoms with van der Waals surface area (Å²) >= 11 is 5.10. The number of methoxy groups -OCH3 is 2. The van der Waals surface area contributed by atoms with Gasteiger partial charge in [-0.15, -0.1) is 0 Å². The molecule has 0 saturated heterocycles. The summed E-state index contributed by atoms with van der Waals surface area (Å²) in [6.07, 6.45) is 0. The maximum absolute atomic E-state index is 12.2. The number of ether oxygens (including phenoxy) is 3. The van der Waals surface area contributed by atoms with Crippen LogP contribution in [0.4, 0.5) is 0 Å². The molecule has 134 valence electrons. The predicted octanol–water partition coefficient (Wildman–Crippen LogP) is 1.38. The van der Waals surface area contributed by atoms with Gasteiger partial charge in [0.2, 0.25) is 0 Å². The van der Waals surface area contributed by atoms with Crippen LogP contribution in [0.15, 0.2) is 18.2 Å². The second kappa shape index (κ2) is 10.8. The van der Waals surface area contributed by atoms with Crippen LogP contribution in [-0.2, 0) is 16.1 Å². The van der Waals surface area contributed by atoms with Crippen molar-refractivity contribution < 1.29 is 19.0 Å². The Morgan fingerprint density at radius 3 is 2.67 bits per heavy atom. The molecule has 1 aromatic rings. The molecule has 0 aliphatic carbocycles. The number of rotatable bonds is 8. The van der Waals surface area contributed by atoms with E-state index >= 15 is 0 Å². The average Bonchev–Trinajstić information content (AvgIpc) is 2.57. The summed E-state index contributed by atoms with van der Waals surface area (Å²) in [7, 11) is 3.19. The zero-order valence-electron chi connectivity index (χ0n) is 14.5. The monoisotopic (exact) mass is 355 g/mol. The summed E-state index contributed by atoms with van der Waals surface area (Å²) in [5, 5.41) is 3.30. The Hall–Kier alpha value is -1.90. The first kappa shape index (κ1) is 20.1. The second-order valence-electron chi connectivity index (χ2n) is 5.07. The van der Waals surface area contributed by atoms with Gasteiger partial charge in [-0.3, -0.25) is 15.6 Å². The minimum atomic E-state index is -0.307. The molecule has 1 rings (SSSR count). The van der Waals surface area contributed by atoms with Gasteiger partial charge in [0.15, 0.2) is 5.11 Å². The highest BCUT2D eigenvalue weighted by Crippen LogP contribution is 2.20. The highest BCUT2D eigenvalue weighted by Gasteiger charge is 2.11. The third-order valence-electron chi connectivity index (χ3n) is 3.09. The van der Waals surface area contributed by atoms with E-state index in [1.165, 1.54) is 0 Å². The Labute approximate surface area is 148 Å². The van der Waals surface area contributed by atoms with Crippen molar-refractivity contribution in [2.45, 2.75) is 26.5 Å². The van der Waals surface area contributed by atoms with Gasteiger partial charge in [-0.05, 0) is 44.3 Å². The number of thiocarbonyl (C=S) groups is 1. The molecule has 0 heterocycles. The maximum atomic E-state index is 12.2. The van der Waals surface area contributed by atoms with Crippen molar-refractivity contribution in [2.24, 2.45) is 0 Å². The molecule has 1 aromatic carbocycles. The van der Waals surface area contributed by atoms with Gasteiger partial charge in [0.25, 0.3) is 5.91 Å². The molecule has 0 aromatic heterocycles. The SMILES string of the molecule is CCOCc1cc(C(=O)NNC(=S)N[C@H](C)COC)ccc1OC. The quantitative estimate of drug-likeness (QED) is 0.480. The molecule has 0 spiro atoms. The van der Waals surface area contributed by atoms with Crippen molar-refractivity contribution in [1.82, 2.24) is 16.2 Å². The van der Waals surface area contributed by atoms with E-state index < -0.39 is 0 Å². The van der Waals surface area contributed by atoms with E-state index in [9.17, 15) is 4.79 Å². The van der Waals surface area contributed by atoms with E-state index in [-0.39, 0.29) is 11.9 Å². The summed E-state index contributed by atoms with van der Waals surface area (Å²) in [6.45, 7) is 5.30. The summed E-state index contributed by atoms with van der Waals surface area (Å²) in [4.78, 5) is 12.2. The summed E-state index contributed by atoms with van der Waals surface area (Å²) in [6, 6.07) is 5.18. The third-order valence-corrected chi connectivity index (χ3v) is 3.31. The first-order valence-corrected chi connectivity index (χ1v) is 8.03. The Morgan fingerprint density at radius 1 is 1.29 bits per heavy atom. The molecular formula is C16H25N3O4S. The lowest BCUT2D eigenvalue weighted by Gasteiger charge is -2.17. The lowest BCUT2D eigenvalue weighted by atomic mass is 10.1. The number of hydrogen-bond acceptors (Lipinski definition) is 5. The molecule has 1 amide bonds. The van der Waals surface area contributed by atoms with Crippen molar-refractivity contribution in [1.29, 1.82) is 0 Å². The fourth-order valence-electron chi connectivity index (χ4n) is 1.98. The molecular weight excluding hydrogens is 330 g/mol. The van der Waals surface area contributed by atoms with E-state index in [1.807, 2.05) is 13.8 Å². The normalized spacial score (nSPS) is 11.5. The van der Waals surface area contributed by atoms with E-state index in [2.05, 4.69) is 16.2 Å². The minimum absolute atomic E-state index is 0.0330. The van der Waals surface area contributed by atoms with E-state index in [0.717, 1.165) is 5.56 Å². The highest BCUT2D eigenvalue weighted by atomic mass is 32.1. The smallest absolute Gasteiger partial charge is 0.269 e. The molecule has 0 saturated carbocycles. The molecule has 0 bridgehead atoms. The Kier molecular flexibility index (Phi) is 9.06. The first-order valence-electron chi connectivity index (χ1n) is 7.62. The van der Waals surface area contributed by atoms with E-state index in [0.29, 0.717) is 36.2 Å². The second-order valence-corrected chi connectivity index (χ2v) is 5.48. The number of nitrogens with one attached hydrogen (secondary N) is 3. The van der Waals surface area contributed by atoms with Crippen LogP contribution in [0.1, 0.15) is 29.8 Å². The Morgan fingerprint density at radius 2 is 2.04 bits per heavy atom. The molecule has 3 N–H and O–H groups in total. The number of hydrogen-bond donors (Lipinski definition) is 3. The predicted molar refractivity (Wildman–Crippen MR) is 96.0 cm³/mol. The fourth-order valence-corrected chi connectivity index (χ4v) is 2.23. The van der Waals surface area contributed by atoms with Gasteiger partial charge in [0.05, 0.1) is 20.3 Å². The zero-order chi connectivity index (χ0) is 17.9. The molecule has 24 heavy (non-hydrogen) atoms. The lowest BCUT2D eigenvalue weighted by molar-refractivity contribution is 0.0942. The zero-order valence-corrected chi connectivity index (χ0v) is 15.3. The third kappa shape index (κ3) is 6.69. The van der Waals surface area contributed by atoms with Gasteiger partial charge < -0.3 is 19.5 Å². The number of benzene rings is 1. The number of carbonyl (C=O) groups is 1. The first-order chi connectivity index (χ1) is 11.5. The molecule has 8 heteroatoms. The summed E-state index contributed by atoms with van der Waals surface area (Å²) < 4.78 is 15.7. The number of hydrazine groups is 1. The highest BCUT2D eigenvalue weighted by molar-refractivity contribution is 7.80. The van der Waals surface area contributed by atoms with Crippen molar-refractivity contribution in [3.05, 3.63) is 29.3 Å². The van der Waals surface area contributed by atoms with Gasteiger partial charge in [0, 0.05) is 30.9 Å². The van der Waals surface area contributed by atoms with Crippen LogP contribution in [0.25, 0.3) is 0 Å². The Bertz CT molecular complexity index is 554. The van der Waals surface area contributed by atoms with Gasteiger partial charge in [0.1, 0.15) is 5.75 Å². The standard InChI is InChI=1S/C16H25N3O4S/c1-5-23-10-13-8-12(6-7-14(13)22-4)15(20)18-19-16(24)17-11(2)9-21-3/h6-8,11H,5,9-10H2,1-4H3,(H,18,20)(H2,17,19,24)/t11-/m1/s1. The molecule has 0 unspecified atom stereocenters. The largest absolute Gasteiger partial charge is 0.496 e. The van der Waals surface area contributed by atoms with Crippen molar-refractivity contribution in [3.8, 4) is 5.75 Å². The van der Waals surface area contributed by atoms with E-state index in [1.54, 1.807) is 32.4 Å². The number of carbonyl (C=O) groups excluding carboxylic acids is 1. The van der Waals surface area contributed by atoms with Crippen molar-refractivity contribution in [2.75, 3.05) is 27.4 Å². The van der Waals surface area contributed by atoms with Gasteiger partial charge in [-0.25, -0.2) is 0 Å².